The molecule has 2 aromatic carbocycles. The van der Waals surface area contributed by atoms with Crippen LogP contribution in [-0.2, 0) is 0 Å². The molecule has 82 valence electrons. The third-order valence-corrected chi connectivity index (χ3v) is 3.04. The summed E-state index contributed by atoms with van der Waals surface area (Å²) in [4.78, 5) is 15.5. The minimum Gasteiger partial charge on any atom is -0.276 e. The number of hydrogen-bond acceptors (Lipinski definition) is 2. The lowest BCUT2D eigenvalue weighted by atomic mass is 10.0. The Morgan fingerprint density at radius 1 is 1.06 bits per heavy atom. The van der Waals surface area contributed by atoms with Gasteiger partial charge in [0.1, 0.15) is 0 Å². The van der Waals surface area contributed by atoms with Crippen molar-refractivity contribution in [2.75, 3.05) is 0 Å². The number of fused-ring (bicyclic) bond motifs is 3. The van der Waals surface area contributed by atoms with E-state index in [1.54, 1.807) is 12.3 Å². The Morgan fingerprint density at radius 3 is 2.71 bits per heavy atom. The van der Waals surface area contributed by atoms with Gasteiger partial charge in [0, 0.05) is 22.5 Å². The van der Waals surface area contributed by atoms with E-state index in [1.807, 2.05) is 36.4 Å². The van der Waals surface area contributed by atoms with Crippen molar-refractivity contribution < 1.29 is 4.79 Å². The summed E-state index contributed by atoms with van der Waals surface area (Å²) in [6, 6.07) is 13.2. The highest BCUT2D eigenvalue weighted by atomic mass is 35.5. The Morgan fingerprint density at radius 2 is 1.88 bits per heavy atom. The average Bonchev–Trinajstić information content (AvgIpc) is 2.38. The van der Waals surface area contributed by atoms with Crippen LogP contribution < -0.4 is 0 Å². The van der Waals surface area contributed by atoms with E-state index in [-0.39, 0.29) is 0 Å². The summed E-state index contributed by atoms with van der Waals surface area (Å²) in [5.41, 5.74) is 1.43. The number of aromatic nitrogens is 1. The molecule has 0 saturated heterocycles. The fourth-order valence-corrected chi connectivity index (χ4v) is 2.09. The molecule has 3 aromatic rings. The van der Waals surface area contributed by atoms with Crippen LogP contribution in [0.25, 0.3) is 21.7 Å². The highest BCUT2D eigenvalue weighted by molar-refractivity contribution is 6.67. The maximum atomic E-state index is 11.2. The second kappa shape index (κ2) is 3.82. The Kier molecular flexibility index (Phi) is 2.30. The van der Waals surface area contributed by atoms with Crippen LogP contribution >= 0.6 is 11.6 Å². The third-order valence-electron chi connectivity index (χ3n) is 2.82. The summed E-state index contributed by atoms with van der Waals surface area (Å²) in [6.07, 6.45) is 1.81. The number of carbonyl (C=O) groups is 1. The molecule has 0 spiro atoms. The van der Waals surface area contributed by atoms with E-state index in [2.05, 4.69) is 4.98 Å². The van der Waals surface area contributed by atoms with Crippen LogP contribution in [0.15, 0.2) is 48.7 Å². The van der Waals surface area contributed by atoms with Gasteiger partial charge in [0.2, 0.25) is 0 Å². The second-order valence-corrected chi connectivity index (χ2v) is 4.19. The molecule has 1 aromatic heterocycles. The lowest BCUT2D eigenvalue weighted by molar-refractivity contribution is 0.108. The molecule has 0 fully saturated rings. The summed E-state index contributed by atoms with van der Waals surface area (Å²) in [5.74, 6) is 0. The maximum absolute atomic E-state index is 11.2. The zero-order valence-corrected chi connectivity index (χ0v) is 9.61. The highest BCUT2D eigenvalue weighted by Crippen LogP contribution is 2.24. The van der Waals surface area contributed by atoms with Crippen LogP contribution in [0.5, 0.6) is 0 Å². The van der Waals surface area contributed by atoms with Gasteiger partial charge in [-0.1, -0.05) is 24.3 Å². The number of rotatable bonds is 1. The number of pyridine rings is 1. The van der Waals surface area contributed by atoms with E-state index in [0.29, 0.717) is 5.56 Å². The fraction of sp³-hybridized carbons (Fsp3) is 0. The molecule has 0 bridgehead atoms. The largest absolute Gasteiger partial charge is 0.276 e. The van der Waals surface area contributed by atoms with Crippen molar-refractivity contribution in [2.24, 2.45) is 0 Å². The molecular weight excluding hydrogens is 234 g/mol. The number of carbonyl (C=O) groups excluding carboxylic acids is 1. The van der Waals surface area contributed by atoms with Crippen LogP contribution in [-0.4, -0.2) is 10.2 Å². The normalized spacial score (nSPS) is 10.9. The molecule has 0 radical (unpaired) electrons. The number of para-hydroxylation sites is 1. The minimum absolute atomic E-state index is 0.437. The third kappa shape index (κ3) is 1.67. The first-order valence-electron chi connectivity index (χ1n) is 5.23. The number of benzene rings is 2. The van der Waals surface area contributed by atoms with Crippen LogP contribution in [0.2, 0.25) is 0 Å². The lowest BCUT2D eigenvalue weighted by Gasteiger charge is -2.03. The van der Waals surface area contributed by atoms with Crippen LogP contribution in [0.3, 0.4) is 0 Å². The summed E-state index contributed by atoms with van der Waals surface area (Å²) in [7, 11) is 0. The number of nitrogens with zero attached hydrogens (tertiary/aromatic N) is 1. The van der Waals surface area contributed by atoms with E-state index < -0.39 is 5.24 Å². The summed E-state index contributed by atoms with van der Waals surface area (Å²) < 4.78 is 0. The standard InChI is InChI=1S/C14H8ClNO/c15-14(17)9-5-6-10-8-16-13-4-2-1-3-11(13)12(10)7-9/h1-8H. The minimum atomic E-state index is -0.437. The van der Waals surface area contributed by atoms with Gasteiger partial charge in [0.25, 0.3) is 5.24 Å². The van der Waals surface area contributed by atoms with Crippen molar-refractivity contribution in [1.29, 1.82) is 0 Å². The van der Waals surface area contributed by atoms with E-state index in [1.165, 1.54) is 0 Å². The Hall–Kier alpha value is -1.93. The predicted octanol–water partition coefficient (Wildman–Crippen LogP) is 3.77. The van der Waals surface area contributed by atoms with Crippen molar-refractivity contribution in [2.45, 2.75) is 0 Å². The van der Waals surface area contributed by atoms with Gasteiger partial charge in [0.05, 0.1) is 5.52 Å². The SMILES string of the molecule is O=C(Cl)c1ccc2cnc3ccccc3c2c1. The topological polar surface area (TPSA) is 30.0 Å². The molecular formula is C14H8ClNO. The molecule has 3 heteroatoms. The zero-order valence-electron chi connectivity index (χ0n) is 8.85. The second-order valence-electron chi connectivity index (χ2n) is 3.85. The number of halogens is 1. The van der Waals surface area contributed by atoms with Gasteiger partial charge in [-0.05, 0) is 35.2 Å². The molecule has 0 aliphatic rings. The number of hydrogen-bond donors (Lipinski definition) is 0. The van der Waals surface area contributed by atoms with Gasteiger partial charge in [0.15, 0.2) is 0 Å². The molecule has 0 unspecified atom stereocenters. The fourth-order valence-electron chi connectivity index (χ4n) is 1.98. The molecule has 2 nitrogen and oxygen atoms in total. The van der Waals surface area contributed by atoms with Crippen LogP contribution in [0, 0.1) is 0 Å². The maximum Gasteiger partial charge on any atom is 0.252 e. The highest BCUT2D eigenvalue weighted by Gasteiger charge is 2.05. The van der Waals surface area contributed by atoms with Crippen molar-refractivity contribution in [3.8, 4) is 0 Å². The van der Waals surface area contributed by atoms with E-state index in [4.69, 9.17) is 11.6 Å². The smallest absolute Gasteiger partial charge is 0.252 e. The van der Waals surface area contributed by atoms with Crippen molar-refractivity contribution >= 4 is 38.5 Å². The lowest BCUT2D eigenvalue weighted by Crippen LogP contribution is -1.89. The van der Waals surface area contributed by atoms with E-state index in [0.717, 1.165) is 21.7 Å². The quantitative estimate of drug-likeness (QED) is 0.480. The molecule has 17 heavy (non-hydrogen) atoms. The van der Waals surface area contributed by atoms with E-state index in [9.17, 15) is 4.79 Å². The van der Waals surface area contributed by atoms with Crippen molar-refractivity contribution in [3.63, 3.8) is 0 Å². The van der Waals surface area contributed by atoms with Crippen LogP contribution in [0.4, 0.5) is 0 Å². The Balaban J connectivity index is 2.46. The van der Waals surface area contributed by atoms with E-state index >= 15 is 0 Å². The van der Waals surface area contributed by atoms with Crippen molar-refractivity contribution in [3.05, 3.63) is 54.2 Å². The van der Waals surface area contributed by atoms with Gasteiger partial charge in [-0.25, -0.2) is 0 Å². The molecule has 0 aliphatic heterocycles. The zero-order chi connectivity index (χ0) is 11.8. The van der Waals surface area contributed by atoms with Gasteiger partial charge in [-0.3, -0.25) is 9.78 Å². The first-order valence-corrected chi connectivity index (χ1v) is 5.61. The van der Waals surface area contributed by atoms with Crippen molar-refractivity contribution in [1.82, 2.24) is 4.98 Å². The molecule has 0 aliphatic carbocycles. The van der Waals surface area contributed by atoms with Gasteiger partial charge < -0.3 is 0 Å². The van der Waals surface area contributed by atoms with Gasteiger partial charge >= 0.3 is 0 Å². The molecule has 0 N–H and O–H groups in total. The molecule has 0 amide bonds. The van der Waals surface area contributed by atoms with Gasteiger partial charge in [-0.2, -0.15) is 0 Å². The molecule has 1 heterocycles. The average molecular weight is 242 g/mol. The first kappa shape index (κ1) is 10.2. The van der Waals surface area contributed by atoms with Crippen LogP contribution in [0.1, 0.15) is 10.4 Å². The molecule has 0 atom stereocenters. The Bertz CT molecular complexity index is 736. The first-order chi connectivity index (χ1) is 8.25. The van der Waals surface area contributed by atoms with Gasteiger partial charge in [-0.15, -0.1) is 0 Å². The molecule has 3 rings (SSSR count). The summed E-state index contributed by atoms with van der Waals surface area (Å²) in [6.45, 7) is 0. The Labute approximate surface area is 103 Å². The summed E-state index contributed by atoms with van der Waals surface area (Å²) in [5, 5.41) is 2.60. The predicted molar refractivity (Wildman–Crippen MR) is 69.4 cm³/mol. The molecule has 0 saturated carbocycles. The summed E-state index contributed by atoms with van der Waals surface area (Å²) >= 11 is 5.50. The monoisotopic (exact) mass is 241 g/mol.